The van der Waals surface area contributed by atoms with Crippen molar-refractivity contribution >= 4 is 31.6 Å². The SMILES string of the molecule is O=c1[nH]c(CN2CCN(S(=O)(=O)c3ccc4c(c3)CCC4)CC2)nc2scc(-c3ccco3)c12. The molecule has 4 heterocycles. The molecule has 2 aliphatic rings. The molecule has 10 heteroatoms. The highest BCUT2D eigenvalue weighted by Crippen LogP contribution is 2.31. The molecular weight excluding hydrogens is 472 g/mol. The van der Waals surface area contributed by atoms with Crippen LogP contribution in [0.4, 0.5) is 0 Å². The van der Waals surface area contributed by atoms with Gasteiger partial charge in [0.05, 0.1) is 23.1 Å². The summed E-state index contributed by atoms with van der Waals surface area (Å²) in [6, 6.07) is 9.18. The number of H-pyrrole nitrogens is 1. The van der Waals surface area contributed by atoms with E-state index >= 15 is 0 Å². The van der Waals surface area contributed by atoms with E-state index in [1.54, 1.807) is 22.7 Å². The number of fused-ring (bicyclic) bond motifs is 2. The summed E-state index contributed by atoms with van der Waals surface area (Å²) in [5, 5.41) is 2.42. The number of nitrogens with one attached hydrogen (secondary N) is 1. The number of benzene rings is 1. The maximum Gasteiger partial charge on any atom is 0.260 e. The summed E-state index contributed by atoms with van der Waals surface area (Å²) in [4.78, 5) is 23.5. The van der Waals surface area contributed by atoms with E-state index < -0.39 is 10.0 Å². The van der Waals surface area contributed by atoms with Gasteiger partial charge in [-0.3, -0.25) is 9.69 Å². The average Bonchev–Trinajstić information content (AvgIpc) is 3.59. The molecule has 0 radical (unpaired) electrons. The molecule has 176 valence electrons. The van der Waals surface area contributed by atoms with E-state index in [1.807, 2.05) is 23.6 Å². The number of aromatic amines is 1. The molecule has 0 atom stereocenters. The normalized spacial score (nSPS) is 17.4. The molecule has 0 saturated carbocycles. The molecule has 0 bridgehead atoms. The second-order valence-electron chi connectivity index (χ2n) is 8.78. The van der Waals surface area contributed by atoms with Crippen LogP contribution in [0.3, 0.4) is 0 Å². The van der Waals surface area contributed by atoms with Crippen LogP contribution in [-0.4, -0.2) is 53.8 Å². The number of nitrogens with zero attached hydrogens (tertiary/aromatic N) is 3. The summed E-state index contributed by atoms with van der Waals surface area (Å²) in [6.45, 7) is 2.44. The average molecular weight is 497 g/mol. The lowest BCUT2D eigenvalue weighted by Crippen LogP contribution is -2.48. The Morgan fingerprint density at radius 3 is 2.71 bits per heavy atom. The molecule has 1 aliphatic carbocycles. The number of aromatic nitrogens is 2. The molecule has 1 N–H and O–H groups in total. The molecule has 6 rings (SSSR count). The highest BCUT2D eigenvalue weighted by molar-refractivity contribution is 7.89. The monoisotopic (exact) mass is 496 g/mol. The van der Waals surface area contributed by atoms with Gasteiger partial charge in [-0.2, -0.15) is 4.31 Å². The molecule has 4 aromatic rings. The first kappa shape index (κ1) is 21.7. The van der Waals surface area contributed by atoms with Gasteiger partial charge in [-0.15, -0.1) is 11.3 Å². The van der Waals surface area contributed by atoms with Crippen molar-refractivity contribution in [2.45, 2.75) is 30.7 Å². The van der Waals surface area contributed by atoms with Gasteiger partial charge in [0, 0.05) is 37.1 Å². The smallest absolute Gasteiger partial charge is 0.260 e. The quantitative estimate of drug-likeness (QED) is 0.455. The molecule has 1 aliphatic heterocycles. The fourth-order valence-electron chi connectivity index (χ4n) is 4.88. The van der Waals surface area contributed by atoms with Crippen LogP contribution in [0.15, 0.2) is 56.1 Å². The van der Waals surface area contributed by atoms with Crippen LogP contribution in [-0.2, 0) is 29.4 Å². The van der Waals surface area contributed by atoms with Crippen molar-refractivity contribution in [3.8, 4) is 11.3 Å². The zero-order valence-corrected chi connectivity index (χ0v) is 20.1. The number of piperazine rings is 1. The van der Waals surface area contributed by atoms with E-state index in [0.29, 0.717) is 59.4 Å². The van der Waals surface area contributed by atoms with Gasteiger partial charge in [0.15, 0.2) is 0 Å². The first-order chi connectivity index (χ1) is 16.5. The fraction of sp³-hybridized carbons (Fsp3) is 0.333. The predicted molar refractivity (Wildman–Crippen MR) is 130 cm³/mol. The van der Waals surface area contributed by atoms with Crippen LogP contribution in [0, 0.1) is 0 Å². The zero-order valence-electron chi connectivity index (χ0n) is 18.5. The van der Waals surface area contributed by atoms with E-state index in [4.69, 9.17) is 4.42 Å². The molecule has 1 fully saturated rings. The Kier molecular flexibility index (Phi) is 5.40. The van der Waals surface area contributed by atoms with Gasteiger partial charge in [0.1, 0.15) is 16.4 Å². The number of furan rings is 1. The fourth-order valence-corrected chi connectivity index (χ4v) is 7.30. The summed E-state index contributed by atoms with van der Waals surface area (Å²) in [5.41, 5.74) is 2.99. The summed E-state index contributed by atoms with van der Waals surface area (Å²) in [5.74, 6) is 1.23. The molecular formula is C24H24N4O4S2. The molecule has 3 aromatic heterocycles. The van der Waals surface area contributed by atoms with Crippen molar-refractivity contribution in [3.05, 3.63) is 69.3 Å². The largest absolute Gasteiger partial charge is 0.464 e. The van der Waals surface area contributed by atoms with Crippen molar-refractivity contribution in [1.82, 2.24) is 19.2 Å². The van der Waals surface area contributed by atoms with Crippen LogP contribution in [0.5, 0.6) is 0 Å². The third kappa shape index (κ3) is 3.80. The maximum absolute atomic E-state index is 13.2. The van der Waals surface area contributed by atoms with Gasteiger partial charge in [0.2, 0.25) is 10.0 Å². The number of sulfonamides is 1. The van der Waals surface area contributed by atoms with Crippen LogP contribution >= 0.6 is 11.3 Å². The van der Waals surface area contributed by atoms with Crippen molar-refractivity contribution in [2.75, 3.05) is 26.2 Å². The number of thiophene rings is 1. The van der Waals surface area contributed by atoms with Crippen molar-refractivity contribution in [1.29, 1.82) is 0 Å². The first-order valence-electron chi connectivity index (χ1n) is 11.4. The lowest BCUT2D eigenvalue weighted by Gasteiger charge is -2.33. The van der Waals surface area contributed by atoms with Crippen LogP contribution in [0.2, 0.25) is 0 Å². The Morgan fingerprint density at radius 1 is 1.09 bits per heavy atom. The Labute approximate surface area is 200 Å². The number of hydrogen-bond donors (Lipinski definition) is 1. The summed E-state index contributed by atoms with van der Waals surface area (Å²) in [7, 11) is -3.51. The van der Waals surface area contributed by atoms with E-state index in [2.05, 4.69) is 14.9 Å². The van der Waals surface area contributed by atoms with Gasteiger partial charge in [0.25, 0.3) is 5.56 Å². The maximum atomic E-state index is 13.2. The van der Waals surface area contributed by atoms with Crippen molar-refractivity contribution in [2.24, 2.45) is 0 Å². The lowest BCUT2D eigenvalue weighted by atomic mass is 10.1. The number of hydrogen-bond acceptors (Lipinski definition) is 7. The van der Waals surface area contributed by atoms with Gasteiger partial charge in [-0.05, 0) is 54.7 Å². The highest BCUT2D eigenvalue weighted by Gasteiger charge is 2.29. The lowest BCUT2D eigenvalue weighted by molar-refractivity contribution is 0.178. The third-order valence-corrected chi connectivity index (χ3v) is 9.46. The minimum Gasteiger partial charge on any atom is -0.464 e. The van der Waals surface area contributed by atoms with Gasteiger partial charge < -0.3 is 9.40 Å². The summed E-state index contributed by atoms with van der Waals surface area (Å²) in [6.07, 6.45) is 4.66. The summed E-state index contributed by atoms with van der Waals surface area (Å²) >= 11 is 1.42. The van der Waals surface area contributed by atoms with Crippen molar-refractivity contribution in [3.63, 3.8) is 0 Å². The standard InChI is InChI=1S/C24H24N4O4S2/c29-23-22-19(20-5-2-12-32-20)15-33-24(22)26-21(25-23)14-27-8-10-28(11-9-27)34(30,31)18-7-6-16-3-1-4-17(16)13-18/h2,5-7,12-13,15H,1,3-4,8-11,14H2,(H,25,26,29). The van der Waals surface area contributed by atoms with Crippen molar-refractivity contribution < 1.29 is 12.8 Å². The highest BCUT2D eigenvalue weighted by atomic mass is 32.2. The van der Waals surface area contributed by atoms with Gasteiger partial charge in [-0.1, -0.05) is 6.07 Å². The Morgan fingerprint density at radius 2 is 1.91 bits per heavy atom. The van der Waals surface area contributed by atoms with Crippen LogP contribution < -0.4 is 5.56 Å². The number of rotatable bonds is 5. The predicted octanol–water partition coefficient (Wildman–Crippen LogP) is 3.24. The van der Waals surface area contributed by atoms with E-state index in [1.165, 1.54) is 16.9 Å². The summed E-state index contributed by atoms with van der Waals surface area (Å²) < 4.78 is 33.4. The van der Waals surface area contributed by atoms with Crippen LogP contribution in [0.25, 0.3) is 21.5 Å². The topological polar surface area (TPSA) is 99.5 Å². The molecule has 8 nitrogen and oxygen atoms in total. The minimum absolute atomic E-state index is 0.189. The van der Waals surface area contributed by atoms with E-state index in [9.17, 15) is 13.2 Å². The van der Waals surface area contributed by atoms with E-state index in [0.717, 1.165) is 30.4 Å². The van der Waals surface area contributed by atoms with Gasteiger partial charge >= 0.3 is 0 Å². The van der Waals surface area contributed by atoms with Crippen LogP contribution in [0.1, 0.15) is 23.4 Å². The molecule has 1 saturated heterocycles. The third-order valence-electron chi connectivity index (χ3n) is 6.69. The molecule has 1 aromatic carbocycles. The second kappa shape index (κ2) is 8.46. The first-order valence-corrected chi connectivity index (χ1v) is 13.7. The van der Waals surface area contributed by atoms with Gasteiger partial charge in [-0.25, -0.2) is 13.4 Å². The molecule has 0 spiro atoms. The molecule has 34 heavy (non-hydrogen) atoms. The molecule has 0 amide bonds. The Balaban J connectivity index is 1.15. The second-order valence-corrected chi connectivity index (χ2v) is 11.6. The Bertz CT molecular complexity index is 1510. The minimum atomic E-state index is -3.51. The molecule has 0 unspecified atom stereocenters. The number of aryl methyl sites for hydroxylation is 2. The Hall–Kier alpha value is -2.79. The zero-order chi connectivity index (χ0) is 23.3. The van der Waals surface area contributed by atoms with E-state index in [-0.39, 0.29) is 5.56 Å².